The number of carbonyl (C=O) groups is 1. The maximum atomic E-state index is 11.0. The Hall–Kier alpha value is -0.610. The quantitative estimate of drug-likeness (QED) is 0.396. The molecule has 1 unspecified atom stereocenters. The number of hydroxylamine groups is 1. The molecule has 4 nitrogen and oxygen atoms in total. The highest BCUT2D eigenvalue weighted by molar-refractivity contribution is 5.80. The van der Waals surface area contributed by atoms with Crippen molar-refractivity contribution in [1.29, 1.82) is 0 Å². The highest BCUT2D eigenvalue weighted by Crippen LogP contribution is 2.09. The lowest BCUT2D eigenvalue weighted by atomic mass is 10.0. The van der Waals surface area contributed by atoms with Gasteiger partial charge in [-0.25, -0.2) is 5.48 Å². The van der Waals surface area contributed by atoms with Gasteiger partial charge in [0, 0.05) is 0 Å². The zero-order valence-corrected chi connectivity index (χ0v) is 7.18. The second-order valence-electron chi connectivity index (χ2n) is 3.19. The van der Waals surface area contributed by atoms with Gasteiger partial charge in [0.2, 0.25) is 0 Å². The van der Waals surface area contributed by atoms with Crippen molar-refractivity contribution in [3.05, 3.63) is 0 Å². The van der Waals surface area contributed by atoms with Crippen molar-refractivity contribution in [2.75, 3.05) is 6.54 Å². The second kappa shape index (κ2) is 5.11. The molecule has 1 rings (SSSR count). The van der Waals surface area contributed by atoms with E-state index in [1.54, 1.807) is 5.48 Å². The largest absolute Gasteiger partial charge is 0.306 e. The van der Waals surface area contributed by atoms with E-state index in [2.05, 4.69) is 5.32 Å². The van der Waals surface area contributed by atoms with Crippen LogP contribution in [0.25, 0.3) is 0 Å². The van der Waals surface area contributed by atoms with Crippen molar-refractivity contribution in [3.63, 3.8) is 0 Å². The average molecular weight is 172 g/mol. The standard InChI is InChI=1S/C8H16N2O2/c11-8(10-12)7-5-3-1-2-4-6-9-7/h7,9,12H,1-6H2,(H,10,11). The first kappa shape index (κ1) is 9.48. The molecule has 0 bridgehead atoms. The van der Waals surface area contributed by atoms with E-state index in [0.29, 0.717) is 0 Å². The van der Waals surface area contributed by atoms with E-state index >= 15 is 0 Å². The molecule has 1 aliphatic heterocycles. The third-order valence-corrected chi connectivity index (χ3v) is 2.24. The van der Waals surface area contributed by atoms with Gasteiger partial charge >= 0.3 is 0 Å². The Morgan fingerprint density at radius 1 is 1.33 bits per heavy atom. The van der Waals surface area contributed by atoms with Gasteiger partial charge in [0.25, 0.3) is 5.91 Å². The van der Waals surface area contributed by atoms with Gasteiger partial charge in [-0.05, 0) is 19.4 Å². The summed E-state index contributed by atoms with van der Waals surface area (Å²) in [6, 6.07) is -0.199. The summed E-state index contributed by atoms with van der Waals surface area (Å²) in [5.41, 5.74) is 1.68. The van der Waals surface area contributed by atoms with Crippen molar-refractivity contribution in [3.8, 4) is 0 Å². The summed E-state index contributed by atoms with van der Waals surface area (Å²) in [5, 5.41) is 11.5. The summed E-state index contributed by atoms with van der Waals surface area (Å²) in [5.74, 6) is -0.308. The molecule has 1 amide bonds. The summed E-state index contributed by atoms with van der Waals surface area (Å²) in [6.45, 7) is 0.873. The monoisotopic (exact) mass is 172 g/mol. The molecule has 0 aromatic rings. The van der Waals surface area contributed by atoms with E-state index in [1.807, 2.05) is 0 Å². The van der Waals surface area contributed by atoms with Crippen molar-refractivity contribution >= 4 is 5.91 Å². The minimum Gasteiger partial charge on any atom is -0.306 e. The Kier molecular flexibility index (Phi) is 4.04. The van der Waals surface area contributed by atoms with E-state index in [4.69, 9.17) is 5.21 Å². The smallest absolute Gasteiger partial charge is 0.260 e. The maximum absolute atomic E-state index is 11.0. The molecule has 12 heavy (non-hydrogen) atoms. The first-order valence-corrected chi connectivity index (χ1v) is 4.52. The first-order valence-electron chi connectivity index (χ1n) is 4.52. The molecule has 1 atom stereocenters. The van der Waals surface area contributed by atoms with Gasteiger partial charge < -0.3 is 5.32 Å². The summed E-state index contributed by atoms with van der Waals surface area (Å²) in [7, 11) is 0. The predicted octanol–water partition coefficient (Wildman–Crippen LogP) is 0.414. The number of nitrogens with one attached hydrogen (secondary N) is 2. The zero-order chi connectivity index (χ0) is 8.81. The van der Waals surface area contributed by atoms with E-state index in [1.165, 1.54) is 12.8 Å². The van der Waals surface area contributed by atoms with E-state index < -0.39 is 0 Å². The molecule has 1 heterocycles. The van der Waals surface area contributed by atoms with Crippen LogP contribution >= 0.6 is 0 Å². The Morgan fingerprint density at radius 3 is 2.83 bits per heavy atom. The molecule has 4 heteroatoms. The highest BCUT2D eigenvalue weighted by Gasteiger charge is 2.17. The number of carbonyl (C=O) groups excluding carboxylic acids is 1. The van der Waals surface area contributed by atoms with Crippen LogP contribution in [0, 0.1) is 0 Å². The third kappa shape index (κ3) is 2.79. The third-order valence-electron chi connectivity index (χ3n) is 2.24. The van der Waals surface area contributed by atoms with Crippen molar-refractivity contribution < 1.29 is 10.0 Å². The molecule has 0 spiro atoms. The molecular weight excluding hydrogens is 156 g/mol. The van der Waals surface area contributed by atoms with E-state index in [-0.39, 0.29) is 11.9 Å². The van der Waals surface area contributed by atoms with Gasteiger partial charge in [-0.3, -0.25) is 10.0 Å². The summed E-state index contributed by atoms with van der Waals surface area (Å²) in [6.07, 6.45) is 5.43. The Bertz CT molecular complexity index is 142. The summed E-state index contributed by atoms with van der Waals surface area (Å²) >= 11 is 0. The Morgan fingerprint density at radius 2 is 2.08 bits per heavy atom. The normalized spacial score (nSPS) is 25.6. The van der Waals surface area contributed by atoms with Crippen LogP contribution in [0.15, 0.2) is 0 Å². The second-order valence-corrected chi connectivity index (χ2v) is 3.19. The molecule has 0 saturated carbocycles. The van der Waals surface area contributed by atoms with Crippen LogP contribution in [0.2, 0.25) is 0 Å². The number of amides is 1. The van der Waals surface area contributed by atoms with Crippen molar-refractivity contribution in [2.24, 2.45) is 0 Å². The number of rotatable bonds is 1. The van der Waals surface area contributed by atoms with Crippen LogP contribution in [-0.2, 0) is 4.79 Å². The maximum Gasteiger partial charge on any atom is 0.260 e. The van der Waals surface area contributed by atoms with E-state index in [9.17, 15) is 4.79 Å². The molecule has 1 fully saturated rings. The summed E-state index contributed by atoms with van der Waals surface area (Å²) in [4.78, 5) is 11.0. The molecular formula is C8H16N2O2. The highest BCUT2D eigenvalue weighted by atomic mass is 16.5. The van der Waals surface area contributed by atoms with Gasteiger partial charge in [0.15, 0.2) is 0 Å². The van der Waals surface area contributed by atoms with Gasteiger partial charge in [-0.2, -0.15) is 0 Å². The van der Waals surface area contributed by atoms with Crippen molar-refractivity contribution in [2.45, 2.75) is 38.1 Å². The molecule has 1 aliphatic rings. The lowest BCUT2D eigenvalue weighted by Gasteiger charge is -2.18. The fourth-order valence-corrected chi connectivity index (χ4v) is 1.51. The number of hydrogen-bond acceptors (Lipinski definition) is 3. The van der Waals surface area contributed by atoms with Gasteiger partial charge in [-0.15, -0.1) is 0 Å². The molecule has 3 N–H and O–H groups in total. The van der Waals surface area contributed by atoms with Crippen LogP contribution in [0.5, 0.6) is 0 Å². The molecule has 70 valence electrons. The Balaban J connectivity index is 2.34. The van der Waals surface area contributed by atoms with Gasteiger partial charge in [0.05, 0.1) is 6.04 Å². The van der Waals surface area contributed by atoms with Crippen LogP contribution < -0.4 is 10.8 Å². The predicted molar refractivity (Wildman–Crippen MR) is 44.8 cm³/mol. The molecule has 1 saturated heterocycles. The molecule has 0 aliphatic carbocycles. The molecule has 0 aromatic carbocycles. The summed E-state index contributed by atoms with van der Waals surface area (Å²) < 4.78 is 0. The lowest BCUT2D eigenvalue weighted by molar-refractivity contribution is -0.131. The van der Waals surface area contributed by atoms with Gasteiger partial charge in [-0.1, -0.05) is 19.3 Å². The lowest BCUT2D eigenvalue weighted by Crippen LogP contribution is -2.43. The van der Waals surface area contributed by atoms with Crippen LogP contribution in [0.3, 0.4) is 0 Å². The zero-order valence-electron chi connectivity index (χ0n) is 7.18. The number of hydrogen-bond donors (Lipinski definition) is 3. The van der Waals surface area contributed by atoms with E-state index in [0.717, 1.165) is 25.8 Å². The van der Waals surface area contributed by atoms with Gasteiger partial charge in [0.1, 0.15) is 0 Å². The SMILES string of the molecule is O=C(NO)C1CCCCCCN1. The van der Waals surface area contributed by atoms with Crippen LogP contribution in [-0.4, -0.2) is 23.7 Å². The van der Waals surface area contributed by atoms with Crippen LogP contribution in [0.4, 0.5) is 0 Å². The fraction of sp³-hybridized carbons (Fsp3) is 0.875. The first-order chi connectivity index (χ1) is 5.84. The topological polar surface area (TPSA) is 61.4 Å². The fourth-order valence-electron chi connectivity index (χ4n) is 1.51. The average Bonchev–Trinajstić information content (AvgIpc) is 2.02. The van der Waals surface area contributed by atoms with Crippen molar-refractivity contribution in [1.82, 2.24) is 10.8 Å². The minimum atomic E-state index is -0.308. The molecule has 0 radical (unpaired) electrons. The Labute approximate surface area is 72.3 Å². The molecule has 0 aromatic heterocycles. The minimum absolute atomic E-state index is 0.199. The van der Waals surface area contributed by atoms with Crippen LogP contribution in [0.1, 0.15) is 32.1 Å².